The smallest absolute Gasteiger partial charge is 0.308 e. The van der Waals surface area contributed by atoms with E-state index in [0.717, 1.165) is 41.9 Å². The van der Waals surface area contributed by atoms with Crippen molar-refractivity contribution in [1.82, 2.24) is 10.2 Å². The van der Waals surface area contributed by atoms with Crippen LogP contribution in [0.3, 0.4) is 0 Å². The molecule has 31 heavy (non-hydrogen) atoms. The van der Waals surface area contributed by atoms with Crippen molar-refractivity contribution in [2.45, 2.75) is 56.9 Å². The van der Waals surface area contributed by atoms with E-state index in [1.165, 1.54) is 19.3 Å². The minimum absolute atomic E-state index is 0.0402. The first-order valence-electron chi connectivity index (χ1n) is 11.3. The number of carbonyl (C=O) groups is 4. The summed E-state index contributed by atoms with van der Waals surface area (Å²) in [5.41, 5.74) is 1.08. The molecule has 0 atom stereocenters. The summed E-state index contributed by atoms with van der Waals surface area (Å²) in [6, 6.07) is 6.99. The first-order valence-corrected chi connectivity index (χ1v) is 11.3. The molecule has 7 nitrogen and oxygen atoms in total. The quantitative estimate of drug-likeness (QED) is 0.558. The molecule has 0 spiro atoms. The molecule has 4 bridgehead atoms. The zero-order valence-electron chi connectivity index (χ0n) is 17.6. The Balaban J connectivity index is 1.10. The van der Waals surface area contributed by atoms with Gasteiger partial charge in [-0.15, -0.1) is 0 Å². The van der Waals surface area contributed by atoms with Crippen molar-refractivity contribution >= 4 is 23.7 Å². The molecular formula is C24H28N2O5. The van der Waals surface area contributed by atoms with E-state index < -0.39 is 5.97 Å². The van der Waals surface area contributed by atoms with E-state index in [1.54, 1.807) is 24.3 Å². The molecular weight excluding hydrogens is 396 g/mol. The lowest BCUT2D eigenvalue weighted by Crippen LogP contribution is -2.60. The van der Waals surface area contributed by atoms with Gasteiger partial charge in [-0.2, -0.15) is 0 Å². The molecule has 1 heterocycles. The summed E-state index contributed by atoms with van der Waals surface area (Å²) in [5, 5.41) is 3.18. The number of fused-ring (bicyclic) bond motifs is 1. The Bertz CT molecular complexity index is 904. The van der Waals surface area contributed by atoms with Gasteiger partial charge >= 0.3 is 5.97 Å². The highest BCUT2D eigenvalue weighted by Gasteiger charge is 2.51. The molecule has 4 saturated carbocycles. The minimum atomic E-state index is -0.583. The van der Waals surface area contributed by atoms with Gasteiger partial charge < -0.3 is 10.1 Å². The second kappa shape index (κ2) is 7.77. The van der Waals surface area contributed by atoms with E-state index in [1.807, 2.05) is 0 Å². The molecule has 1 N–H and O–H groups in total. The van der Waals surface area contributed by atoms with E-state index in [-0.39, 0.29) is 49.3 Å². The third kappa shape index (κ3) is 3.98. The normalized spacial score (nSPS) is 30.8. The predicted octanol–water partition coefficient (Wildman–Crippen LogP) is 2.23. The van der Waals surface area contributed by atoms with Crippen molar-refractivity contribution in [3.05, 3.63) is 35.4 Å². The van der Waals surface area contributed by atoms with E-state index in [0.29, 0.717) is 11.1 Å². The minimum Gasteiger partial charge on any atom is -0.456 e. The van der Waals surface area contributed by atoms with Crippen molar-refractivity contribution in [3.63, 3.8) is 0 Å². The molecule has 164 valence electrons. The molecule has 0 aromatic heterocycles. The highest BCUT2D eigenvalue weighted by Crippen LogP contribution is 2.55. The van der Waals surface area contributed by atoms with Crippen LogP contribution in [0.2, 0.25) is 0 Å². The van der Waals surface area contributed by atoms with E-state index in [2.05, 4.69) is 5.32 Å². The number of amides is 3. The van der Waals surface area contributed by atoms with E-state index in [9.17, 15) is 19.2 Å². The average Bonchev–Trinajstić information content (AvgIpc) is 2.71. The molecule has 6 rings (SSSR count). The predicted molar refractivity (Wildman–Crippen MR) is 111 cm³/mol. The Morgan fingerprint density at radius 2 is 1.68 bits per heavy atom. The van der Waals surface area contributed by atoms with Crippen LogP contribution >= 0.6 is 0 Å². The number of hydrogen-bond donors (Lipinski definition) is 1. The average molecular weight is 424 g/mol. The molecule has 1 aliphatic heterocycles. The van der Waals surface area contributed by atoms with Crippen LogP contribution in [0.25, 0.3) is 0 Å². The lowest BCUT2D eigenvalue weighted by molar-refractivity contribution is -0.150. The van der Waals surface area contributed by atoms with Crippen molar-refractivity contribution in [2.24, 2.45) is 17.8 Å². The Morgan fingerprint density at radius 1 is 1.03 bits per heavy atom. The van der Waals surface area contributed by atoms with Crippen LogP contribution in [0.1, 0.15) is 60.9 Å². The number of ether oxygens (including phenoxy) is 1. The molecule has 1 aromatic carbocycles. The molecule has 4 aliphatic carbocycles. The fourth-order valence-corrected chi connectivity index (χ4v) is 6.64. The Hall–Kier alpha value is -2.70. The van der Waals surface area contributed by atoms with Gasteiger partial charge in [-0.1, -0.05) is 18.2 Å². The van der Waals surface area contributed by atoms with Gasteiger partial charge in [0.2, 0.25) is 5.91 Å². The molecule has 7 heteroatoms. The zero-order chi connectivity index (χ0) is 21.6. The maximum Gasteiger partial charge on any atom is 0.308 e. The monoisotopic (exact) mass is 424 g/mol. The highest BCUT2D eigenvalue weighted by atomic mass is 16.5. The van der Waals surface area contributed by atoms with Gasteiger partial charge in [0, 0.05) is 17.6 Å². The maximum atomic E-state index is 12.5. The number of carbonyl (C=O) groups excluding carboxylic acids is 4. The summed E-state index contributed by atoms with van der Waals surface area (Å²) in [6.07, 6.45) is 7.03. The summed E-state index contributed by atoms with van der Waals surface area (Å²) in [5.74, 6) is 0.612. The van der Waals surface area contributed by atoms with Crippen LogP contribution in [0.5, 0.6) is 0 Å². The summed E-state index contributed by atoms with van der Waals surface area (Å²) < 4.78 is 5.15. The maximum absolute atomic E-state index is 12.5. The molecule has 0 radical (unpaired) electrons. The molecule has 0 unspecified atom stereocenters. The Labute approximate surface area is 181 Å². The van der Waals surface area contributed by atoms with Gasteiger partial charge in [-0.25, -0.2) is 0 Å². The van der Waals surface area contributed by atoms with Gasteiger partial charge in [0.15, 0.2) is 6.61 Å². The number of imide groups is 1. The molecule has 3 amide bonds. The largest absolute Gasteiger partial charge is 0.456 e. The molecule has 5 aliphatic rings. The summed E-state index contributed by atoms with van der Waals surface area (Å²) >= 11 is 0. The molecule has 0 saturated heterocycles. The fraction of sp³-hybridized carbons (Fsp3) is 0.583. The second-order valence-corrected chi connectivity index (χ2v) is 9.84. The van der Waals surface area contributed by atoms with Gasteiger partial charge in [0.25, 0.3) is 11.8 Å². The van der Waals surface area contributed by atoms with Crippen molar-refractivity contribution < 1.29 is 23.9 Å². The van der Waals surface area contributed by atoms with Gasteiger partial charge in [0.05, 0.1) is 12.8 Å². The van der Waals surface area contributed by atoms with Crippen LogP contribution in [0.15, 0.2) is 24.3 Å². The van der Waals surface area contributed by atoms with Gasteiger partial charge in [0.1, 0.15) is 0 Å². The van der Waals surface area contributed by atoms with Crippen LogP contribution in [-0.2, 0) is 25.5 Å². The third-order valence-electron chi connectivity index (χ3n) is 7.48. The van der Waals surface area contributed by atoms with E-state index in [4.69, 9.17) is 4.74 Å². The highest BCUT2D eigenvalue weighted by molar-refractivity contribution is 6.09. The number of benzene rings is 1. The lowest BCUT2D eigenvalue weighted by atomic mass is 9.53. The summed E-state index contributed by atoms with van der Waals surface area (Å²) in [4.78, 5) is 50.6. The topological polar surface area (TPSA) is 92.8 Å². The third-order valence-corrected chi connectivity index (χ3v) is 7.48. The number of nitrogens with one attached hydrogen (secondary N) is 1. The fourth-order valence-electron chi connectivity index (χ4n) is 6.64. The first kappa shape index (κ1) is 20.2. The van der Waals surface area contributed by atoms with Crippen LogP contribution in [0, 0.1) is 17.8 Å². The van der Waals surface area contributed by atoms with Crippen LogP contribution in [0.4, 0.5) is 0 Å². The first-order chi connectivity index (χ1) is 14.9. The summed E-state index contributed by atoms with van der Waals surface area (Å²) in [6.45, 7) is -0.354. The van der Waals surface area contributed by atoms with Crippen molar-refractivity contribution in [2.75, 3.05) is 13.2 Å². The van der Waals surface area contributed by atoms with Crippen LogP contribution in [-0.4, -0.2) is 47.3 Å². The zero-order valence-corrected chi connectivity index (χ0v) is 17.6. The lowest BCUT2D eigenvalue weighted by Gasteiger charge is -2.56. The number of esters is 1. The number of nitrogens with zero attached hydrogens (tertiary/aromatic N) is 1. The van der Waals surface area contributed by atoms with E-state index >= 15 is 0 Å². The Kier molecular flexibility index (Phi) is 5.07. The van der Waals surface area contributed by atoms with Gasteiger partial charge in [-0.05, 0) is 67.9 Å². The number of rotatable bonds is 6. The standard InChI is InChI=1S/C24H28N2O5/c27-20(25-24-11-15-7-16(12-24)9-17(8-15)13-24)14-31-22(29)5-6-26-21(28)10-18-3-1-2-4-19(18)23(26)30/h1-4,15-17H,5-14H2,(H,25,27). The van der Waals surface area contributed by atoms with Crippen molar-refractivity contribution in [1.29, 1.82) is 0 Å². The van der Waals surface area contributed by atoms with Crippen LogP contribution < -0.4 is 5.32 Å². The van der Waals surface area contributed by atoms with Crippen molar-refractivity contribution in [3.8, 4) is 0 Å². The van der Waals surface area contributed by atoms with Gasteiger partial charge in [-0.3, -0.25) is 24.1 Å². The summed E-state index contributed by atoms with van der Waals surface area (Å²) in [7, 11) is 0. The molecule has 4 fully saturated rings. The Morgan fingerprint density at radius 3 is 2.35 bits per heavy atom. The number of hydrogen-bond acceptors (Lipinski definition) is 5. The molecule has 1 aromatic rings. The second-order valence-electron chi connectivity index (χ2n) is 9.84. The SMILES string of the molecule is O=C(COC(=O)CCN1C(=O)Cc2ccccc2C1=O)NC12CC3CC(CC(C3)C1)C2.